The molecule has 37 heavy (non-hydrogen) atoms. The molecule has 2 heterocycles. The summed E-state index contributed by atoms with van der Waals surface area (Å²) in [6.07, 6.45) is -1.97. The Balaban J connectivity index is 1.70. The largest absolute Gasteiger partial charge is 0.444 e. The molecule has 4 aromatic rings. The highest BCUT2D eigenvalue weighted by atomic mass is 19.4. The van der Waals surface area contributed by atoms with Gasteiger partial charge in [-0.05, 0) is 58.4 Å². The molecule has 0 radical (unpaired) electrons. The number of carbonyl (C=O) groups excluding carboxylic acids is 1. The van der Waals surface area contributed by atoms with Gasteiger partial charge in [0.2, 0.25) is 5.89 Å². The Hall–Kier alpha value is -3.70. The zero-order valence-electron chi connectivity index (χ0n) is 20.7. The number of amides is 1. The molecule has 1 atom stereocenters. The topological polar surface area (TPSA) is 113 Å². The molecule has 0 aliphatic rings. The van der Waals surface area contributed by atoms with E-state index in [1.54, 1.807) is 32.2 Å². The maximum Gasteiger partial charge on any atom is 0.421 e. The SMILES string of the molecule is Cc1cccc(-c2nc(C(=O)Nc3cc4cn(CCC(C)(C)O)nc4cc3C(C)(O)C(F)(F)F)co2)c1. The van der Waals surface area contributed by atoms with Gasteiger partial charge in [0.15, 0.2) is 11.3 Å². The third-order valence-electron chi connectivity index (χ3n) is 5.97. The molecule has 2 aromatic carbocycles. The van der Waals surface area contributed by atoms with Gasteiger partial charge in [-0.25, -0.2) is 4.98 Å². The Kier molecular flexibility index (Phi) is 6.63. The van der Waals surface area contributed by atoms with E-state index >= 15 is 0 Å². The third kappa shape index (κ3) is 5.67. The van der Waals surface area contributed by atoms with Gasteiger partial charge in [0, 0.05) is 34.9 Å². The van der Waals surface area contributed by atoms with Crippen molar-refractivity contribution in [3.8, 4) is 11.5 Å². The number of hydrogen-bond donors (Lipinski definition) is 3. The molecule has 0 aliphatic heterocycles. The van der Waals surface area contributed by atoms with Gasteiger partial charge in [-0.2, -0.15) is 18.3 Å². The van der Waals surface area contributed by atoms with Crippen molar-refractivity contribution < 1.29 is 32.6 Å². The summed E-state index contributed by atoms with van der Waals surface area (Å²) in [4.78, 5) is 17.1. The van der Waals surface area contributed by atoms with Crippen LogP contribution in [-0.4, -0.2) is 42.7 Å². The van der Waals surface area contributed by atoms with Crippen LogP contribution in [0.3, 0.4) is 0 Å². The monoisotopic (exact) mass is 516 g/mol. The summed E-state index contributed by atoms with van der Waals surface area (Å²) in [6.45, 7) is 6.08. The zero-order valence-corrected chi connectivity index (χ0v) is 20.7. The predicted molar refractivity (Wildman–Crippen MR) is 131 cm³/mol. The molecule has 11 heteroatoms. The van der Waals surface area contributed by atoms with E-state index in [-0.39, 0.29) is 22.8 Å². The van der Waals surface area contributed by atoms with E-state index < -0.39 is 28.8 Å². The Bertz CT molecular complexity index is 1450. The van der Waals surface area contributed by atoms with Crippen molar-refractivity contribution in [2.24, 2.45) is 0 Å². The lowest BCUT2D eigenvalue weighted by Crippen LogP contribution is -2.40. The molecule has 2 aromatic heterocycles. The number of nitrogens with one attached hydrogen (secondary N) is 1. The molecule has 0 spiro atoms. The Morgan fingerprint density at radius 3 is 2.51 bits per heavy atom. The Labute approximate surface area is 210 Å². The minimum Gasteiger partial charge on any atom is -0.444 e. The summed E-state index contributed by atoms with van der Waals surface area (Å²) < 4.78 is 48.3. The Morgan fingerprint density at radius 1 is 1.14 bits per heavy atom. The molecule has 0 bridgehead atoms. The number of carbonyl (C=O) groups is 1. The Morgan fingerprint density at radius 2 is 1.86 bits per heavy atom. The molecular weight excluding hydrogens is 489 g/mol. The number of hydrogen-bond acceptors (Lipinski definition) is 6. The van der Waals surface area contributed by atoms with Crippen molar-refractivity contribution in [2.45, 2.75) is 58.0 Å². The molecular formula is C26H27F3N4O4. The van der Waals surface area contributed by atoms with Crippen molar-refractivity contribution in [1.29, 1.82) is 0 Å². The summed E-state index contributed by atoms with van der Waals surface area (Å²) in [7, 11) is 0. The third-order valence-corrected chi connectivity index (χ3v) is 5.97. The number of aromatic nitrogens is 3. The number of benzene rings is 2. The van der Waals surface area contributed by atoms with Crippen LogP contribution < -0.4 is 5.32 Å². The van der Waals surface area contributed by atoms with Gasteiger partial charge < -0.3 is 19.9 Å². The second-order valence-electron chi connectivity index (χ2n) is 9.84. The standard InChI is InChI=1S/C26H27F3N4O4/c1-15-6-5-7-16(10-15)23-31-21(14-37-23)22(34)30-20-11-17-13-33(9-8-24(2,3)35)32-19(17)12-18(20)25(4,36)26(27,28)29/h5-7,10-14,35-36H,8-9H2,1-4H3,(H,30,34). The average molecular weight is 517 g/mol. The normalized spacial score (nSPS) is 14.1. The van der Waals surface area contributed by atoms with Gasteiger partial charge >= 0.3 is 6.18 Å². The fourth-order valence-electron chi connectivity index (χ4n) is 3.76. The number of anilines is 1. The summed E-state index contributed by atoms with van der Waals surface area (Å²) in [6, 6.07) is 9.67. The van der Waals surface area contributed by atoms with E-state index in [2.05, 4.69) is 15.4 Å². The number of halogens is 3. The molecule has 0 aliphatic carbocycles. The first-order chi connectivity index (χ1) is 17.1. The predicted octanol–water partition coefficient (Wildman–Crippen LogP) is 5.18. The number of rotatable bonds is 7. The molecule has 1 unspecified atom stereocenters. The number of aryl methyl sites for hydroxylation is 2. The zero-order chi connectivity index (χ0) is 27.2. The number of fused-ring (bicyclic) bond motifs is 1. The van der Waals surface area contributed by atoms with Crippen molar-refractivity contribution >= 4 is 22.5 Å². The van der Waals surface area contributed by atoms with E-state index in [1.165, 1.54) is 10.7 Å². The maximum atomic E-state index is 13.8. The van der Waals surface area contributed by atoms with Gasteiger partial charge in [0.1, 0.15) is 6.26 Å². The summed E-state index contributed by atoms with van der Waals surface area (Å²) in [5, 5.41) is 27.6. The van der Waals surface area contributed by atoms with Crippen molar-refractivity contribution in [1.82, 2.24) is 14.8 Å². The summed E-state index contributed by atoms with van der Waals surface area (Å²) >= 11 is 0. The van der Waals surface area contributed by atoms with Crippen LogP contribution in [0.5, 0.6) is 0 Å². The van der Waals surface area contributed by atoms with Crippen molar-refractivity contribution in [2.75, 3.05) is 5.32 Å². The van der Waals surface area contributed by atoms with Crippen LogP contribution in [0.15, 0.2) is 53.3 Å². The molecule has 0 saturated carbocycles. The number of oxazole rings is 1. The second-order valence-corrected chi connectivity index (χ2v) is 9.84. The quantitative estimate of drug-likeness (QED) is 0.312. The first-order valence-corrected chi connectivity index (χ1v) is 11.5. The lowest BCUT2D eigenvalue weighted by molar-refractivity contribution is -0.258. The lowest BCUT2D eigenvalue weighted by atomic mass is 9.92. The minimum atomic E-state index is -5.03. The molecule has 0 saturated heterocycles. The van der Waals surface area contributed by atoms with E-state index in [0.717, 1.165) is 17.9 Å². The highest BCUT2D eigenvalue weighted by Gasteiger charge is 2.52. The van der Waals surface area contributed by atoms with Gasteiger partial charge in [-0.3, -0.25) is 9.48 Å². The first kappa shape index (κ1) is 26.4. The highest BCUT2D eigenvalue weighted by molar-refractivity contribution is 6.04. The van der Waals surface area contributed by atoms with Gasteiger partial charge in [-0.15, -0.1) is 0 Å². The fourth-order valence-corrected chi connectivity index (χ4v) is 3.76. The molecule has 1 amide bonds. The molecule has 3 N–H and O–H groups in total. The van der Waals surface area contributed by atoms with Crippen LogP contribution in [0.4, 0.5) is 18.9 Å². The summed E-state index contributed by atoms with van der Waals surface area (Å²) in [5.41, 5.74) is -3.42. The molecule has 196 valence electrons. The van der Waals surface area contributed by atoms with E-state index in [1.807, 2.05) is 19.1 Å². The van der Waals surface area contributed by atoms with Crippen LogP contribution in [0, 0.1) is 6.92 Å². The van der Waals surface area contributed by atoms with Gasteiger partial charge in [0.25, 0.3) is 5.91 Å². The highest BCUT2D eigenvalue weighted by Crippen LogP contribution is 2.43. The van der Waals surface area contributed by atoms with Crippen LogP contribution >= 0.6 is 0 Å². The molecule has 4 rings (SSSR count). The van der Waals surface area contributed by atoms with E-state index in [0.29, 0.717) is 30.8 Å². The minimum absolute atomic E-state index is 0.143. The lowest BCUT2D eigenvalue weighted by Gasteiger charge is -2.28. The summed E-state index contributed by atoms with van der Waals surface area (Å²) in [5.74, 6) is -0.629. The van der Waals surface area contributed by atoms with E-state index in [9.17, 15) is 28.2 Å². The number of aliphatic hydroxyl groups is 2. The van der Waals surface area contributed by atoms with Crippen molar-refractivity contribution in [3.63, 3.8) is 0 Å². The number of nitrogens with zero attached hydrogens (tertiary/aromatic N) is 3. The van der Waals surface area contributed by atoms with E-state index in [4.69, 9.17) is 4.42 Å². The van der Waals surface area contributed by atoms with Gasteiger partial charge in [0.05, 0.1) is 11.1 Å². The fraction of sp³-hybridized carbons (Fsp3) is 0.346. The van der Waals surface area contributed by atoms with Crippen LogP contribution in [0.2, 0.25) is 0 Å². The molecule has 0 fully saturated rings. The van der Waals surface area contributed by atoms with Gasteiger partial charge in [-0.1, -0.05) is 17.7 Å². The number of alkyl halides is 3. The van der Waals surface area contributed by atoms with Crippen LogP contribution in [-0.2, 0) is 12.1 Å². The molecule has 8 nitrogen and oxygen atoms in total. The second kappa shape index (κ2) is 9.31. The average Bonchev–Trinajstić information content (AvgIpc) is 3.43. The maximum absolute atomic E-state index is 13.8. The smallest absolute Gasteiger partial charge is 0.421 e. The first-order valence-electron chi connectivity index (χ1n) is 11.5. The van der Waals surface area contributed by atoms with Crippen LogP contribution in [0.1, 0.15) is 48.8 Å². The van der Waals surface area contributed by atoms with Crippen LogP contribution in [0.25, 0.3) is 22.4 Å². The van der Waals surface area contributed by atoms with Crippen molar-refractivity contribution in [3.05, 3.63) is 65.7 Å².